The van der Waals surface area contributed by atoms with Crippen molar-refractivity contribution in [2.75, 3.05) is 0 Å². The zero-order valence-electron chi connectivity index (χ0n) is 17.6. The van der Waals surface area contributed by atoms with Crippen molar-refractivity contribution in [2.45, 2.75) is 0 Å². The number of aromatic carboxylic acids is 2. The summed E-state index contributed by atoms with van der Waals surface area (Å²) in [7, 11) is 0. The van der Waals surface area contributed by atoms with E-state index in [1.807, 2.05) is 36.4 Å². The molecule has 0 saturated carbocycles. The fourth-order valence-corrected chi connectivity index (χ4v) is 4.28. The van der Waals surface area contributed by atoms with E-state index in [1.165, 1.54) is 0 Å². The minimum atomic E-state index is -0.969. The van der Waals surface area contributed by atoms with Gasteiger partial charge < -0.3 is 19.0 Å². The fourth-order valence-electron chi connectivity index (χ4n) is 4.28. The van der Waals surface area contributed by atoms with Crippen LogP contribution in [0, 0.1) is 0 Å². The summed E-state index contributed by atoms with van der Waals surface area (Å²) in [5.41, 5.74) is 3.51. The lowest BCUT2D eigenvalue weighted by Gasteiger charge is -1.99. The van der Waals surface area contributed by atoms with Crippen molar-refractivity contribution in [1.29, 1.82) is 0 Å². The number of hydrogen-bond acceptors (Lipinski definition) is 4. The highest BCUT2D eigenvalue weighted by Gasteiger charge is 2.15. The Morgan fingerprint density at radius 1 is 0.500 bits per heavy atom. The summed E-state index contributed by atoms with van der Waals surface area (Å²) in [6.07, 6.45) is 0. The first-order chi connectivity index (χ1) is 16.5. The van der Waals surface area contributed by atoms with Gasteiger partial charge in [0.1, 0.15) is 22.7 Å². The van der Waals surface area contributed by atoms with Crippen molar-refractivity contribution in [3.63, 3.8) is 0 Å². The Labute approximate surface area is 192 Å². The number of hydrogen-bond donors (Lipinski definition) is 2. The fraction of sp³-hybridized carbons (Fsp3) is 0. The molecular formula is C28H16O6. The zero-order chi connectivity index (χ0) is 23.4. The zero-order valence-corrected chi connectivity index (χ0v) is 17.6. The van der Waals surface area contributed by atoms with Gasteiger partial charge in [-0.05, 0) is 71.4 Å². The lowest BCUT2D eigenvalue weighted by molar-refractivity contribution is 0.0686. The molecule has 0 aliphatic rings. The maximum absolute atomic E-state index is 11.1. The number of rotatable bonds is 4. The number of benzene rings is 4. The molecule has 2 N–H and O–H groups in total. The Morgan fingerprint density at radius 2 is 0.882 bits per heavy atom. The first kappa shape index (κ1) is 19.8. The molecule has 6 nitrogen and oxygen atoms in total. The van der Waals surface area contributed by atoms with Crippen molar-refractivity contribution in [3.05, 3.63) is 96.1 Å². The Kier molecular flexibility index (Phi) is 4.28. The number of carboxylic acid groups (broad SMARTS) is 2. The average Bonchev–Trinajstić information content (AvgIpc) is 3.48. The van der Waals surface area contributed by atoms with Gasteiger partial charge in [0.2, 0.25) is 0 Å². The van der Waals surface area contributed by atoms with E-state index in [2.05, 4.69) is 0 Å². The van der Waals surface area contributed by atoms with E-state index in [9.17, 15) is 9.59 Å². The molecule has 0 aliphatic heterocycles. The summed E-state index contributed by atoms with van der Waals surface area (Å²) in [6.45, 7) is 0. The topological polar surface area (TPSA) is 101 Å². The largest absolute Gasteiger partial charge is 0.478 e. The third-order valence-corrected chi connectivity index (χ3v) is 6.03. The van der Waals surface area contributed by atoms with Gasteiger partial charge in [0.05, 0.1) is 11.1 Å². The van der Waals surface area contributed by atoms with Crippen molar-refractivity contribution < 1.29 is 28.6 Å². The van der Waals surface area contributed by atoms with Crippen LogP contribution in [0.3, 0.4) is 0 Å². The van der Waals surface area contributed by atoms with Gasteiger partial charge in [0.25, 0.3) is 0 Å². The van der Waals surface area contributed by atoms with Crippen molar-refractivity contribution >= 4 is 44.6 Å². The highest BCUT2D eigenvalue weighted by molar-refractivity contribution is 6.16. The van der Waals surface area contributed by atoms with Crippen molar-refractivity contribution in [3.8, 4) is 22.6 Å². The first-order valence-corrected chi connectivity index (χ1v) is 10.5. The molecule has 6 heteroatoms. The van der Waals surface area contributed by atoms with Crippen molar-refractivity contribution in [2.24, 2.45) is 0 Å². The average molecular weight is 448 g/mol. The molecule has 2 aromatic heterocycles. The van der Waals surface area contributed by atoms with Crippen LogP contribution in [0.25, 0.3) is 55.4 Å². The normalized spacial score (nSPS) is 11.4. The highest BCUT2D eigenvalue weighted by Crippen LogP contribution is 2.38. The van der Waals surface area contributed by atoms with Crippen LogP contribution in [-0.2, 0) is 0 Å². The van der Waals surface area contributed by atoms with Crippen LogP contribution in [0.5, 0.6) is 0 Å². The van der Waals surface area contributed by atoms with Crippen LogP contribution in [0.1, 0.15) is 20.7 Å². The van der Waals surface area contributed by atoms with Crippen LogP contribution in [0.2, 0.25) is 0 Å². The minimum absolute atomic E-state index is 0.223. The Morgan fingerprint density at radius 3 is 1.24 bits per heavy atom. The van der Waals surface area contributed by atoms with E-state index < -0.39 is 11.9 Å². The molecule has 164 valence electrons. The molecule has 0 saturated heterocycles. The maximum atomic E-state index is 11.1. The van der Waals surface area contributed by atoms with E-state index in [0.29, 0.717) is 11.5 Å². The molecule has 0 bridgehead atoms. The molecule has 34 heavy (non-hydrogen) atoms. The number of carbonyl (C=O) groups is 2. The molecule has 6 aromatic rings. The Hall–Kier alpha value is -4.84. The minimum Gasteiger partial charge on any atom is -0.478 e. The second kappa shape index (κ2) is 7.35. The molecule has 6 rings (SSSR count). The summed E-state index contributed by atoms with van der Waals surface area (Å²) < 4.78 is 12.1. The lowest BCUT2D eigenvalue weighted by atomic mass is 10.0. The van der Waals surface area contributed by atoms with Crippen LogP contribution in [0.15, 0.2) is 93.8 Å². The molecule has 0 unspecified atom stereocenters. The summed E-state index contributed by atoms with van der Waals surface area (Å²) in [6, 6.07) is 24.9. The Bertz CT molecular complexity index is 1600. The van der Waals surface area contributed by atoms with Crippen LogP contribution < -0.4 is 0 Å². The standard InChI is InChI=1S/C28H16O6/c29-27(30)17-5-1-15(2-6-17)25-13-21-19-10-12-24-22(20(19)9-11-23(21)33-25)14-26(34-24)16-3-7-18(8-4-16)28(31)32/h1-14H,(H,29,30)(H,31,32). The third kappa shape index (κ3) is 3.12. The van der Waals surface area contributed by atoms with Crippen molar-refractivity contribution in [1.82, 2.24) is 0 Å². The molecule has 4 aromatic carbocycles. The highest BCUT2D eigenvalue weighted by atomic mass is 16.4. The van der Waals surface area contributed by atoms with Gasteiger partial charge in [-0.1, -0.05) is 24.3 Å². The first-order valence-electron chi connectivity index (χ1n) is 10.5. The van der Waals surface area contributed by atoms with E-state index >= 15 is 0 Å². The predicted molar refractivity (Wildman–Crippen MR) is 128 cm³/mol. The van der Waals surface area contributed by atoms with Gasteiger partial charge in [-0.3, -0.25) is 0 Å². The van der Waals surface area contributed by atoms with Gasteiger partial charge in [-0.25, -0.2) is 9.59 Å². The van der Waals surface area contributed by atoms with E-state index in [0.717, 1.165) is 43.8 Å². The lowest BCUT2D eigenvalue weighted by Crippen LogP contribution is -1.94. The van der Waals surface area contributed by atoms with Gasteiger partial charge in [0.15, 0.2) is 0 Å². The summed E-state index contributed by atoms with van der Waals surface area (Å²) in [5, 5.41) is 22.2. The van der Waals surface area contributed by atoms with Crippen LogP contribution in [0.4, 0.5) is 0 Å². The second-order valence-electron chi connectivity index (χ2n) is 8.04. The molecule has 0 amide bonds. The summed E-state index contributed by atoms with van der Waals surface area (Å²) in [5.74, 6) is -0.621. The number of fused-ring (bicyclic) bond motifs is 5. The quantitative estimate of drug-likeness (QED) is 0.299. The molecule has 0 radical (unpaired) electrons. The molecule has 0 fully saturated rings. The smallest absolute Gasteiger partial charge is 0.335 e. The molecule has 0 atom stereocenters. The summed E-state index contributed by atoms with van der Waals surface area (Å²) >= 11 is 0. The molecule has 0 aliphatic carbocycles. The third-order valence-electron chi connectivity index (χ3n) is 6.03. The summed E-state index contributed by atoms with van der Waals surface area (Å²) in [4.78, 5) is 22.2. The SMILES string of the molecule is O=C(O)c1ccc(-c2cc3c(ccc4c5cc(-c6ccc(C(=O)O)cc6)oc5ccc34)o2)cc1. The monoisotopic (exact) mass is 448 g/mol. The van der Waals surface area contributed by atoms with Crippen LogP contribution >= 0.6 is 0 Å². The number of carboxylic acids is 2. The molecular weight excluding hydrogens is 432 g/mol. The molecule has 0 spiro atoms. The molecule has 2 heterocycles. The van der Waals surface area contributed by atoms with E-state index in [4.69, 9.17) is 19.0 Å². The van der Waals surface area contributed by atoms with Gasteiger partial charge in [-0.2, -0.15) is 0 Å². The van der Waals surface area contributed by atoms with E-state index in [1.54, 1.807) is 48.5 Å². The van der Waals surface area contributed by atoms with E-state index in [-0.39, 0.29) is 11.1 Å². The van der Waals surface area contributed by atoms with Gasteiger partial charge in [0, 0.05) is 21.9 Å². The number of furan rings is 2. The van der Waals surface area contributed by atoms with Gasteiger partial charge in [-0.15, -0.1) is 0 Å². The maximum Gasteiger partial charge on any atom is 0.335 e. The Balaban J connectivity index is 1.46. The predicted octanol–water partition coefficient (Wildman–Crippen LogP) is 7.06. The van der Waals surface area contributed by atoms with Gasteiger partial charge >= 0.3 is 11.9 Å². The second-order valence-corrected chi connectivity index (χ2v) is 8.04. The van der Waals surface area contributed by atoms with Crippen LogP contribution in [-0.4, -0.2) is 22.2 Å².